The summed E-state index contributed by atoms with van der Waals surface area (Å²) in [7, 11) is 0. The molecule has 0 aliphatic rings. The highest BCUT2D eigenvalue weighted by Gasteiger charge is 2.09. The minimum Gasteiger partial charge on any atom is -0.313 e. The third-order valence-electron chi connectivity index (χ3n) is 3.23. The first-order valence-electron chi connectivity index (χ1n) is 6.84. The lowest BCUT2D eigenvalue weighted by Crippen LogP contribution is -2.15. The highest BCUT2D eigenvalue weighted by molar-refractivity contribution is 5.16. The van der Waals surface area contributed by atoms with Crippen LogP contribution in [0.5, 0.6) is 0 Å². The van der Waals surface area contributed by atoms with Crippen molar-refractivity contribution in [2.24, 2.45) is 0 Å². The van der Waals surface area contributed by atoms with Crippen LogP contribution in [0, 0.1) is 6.92 Å². The van der Waals surface area contributed by atoms with Crippen LogP contribution in [0.2, 0.25) is 0 Å². The van der Waals surface area contributed by atoms with Crippen molar-refractivity contribution in [2.45, 2.75) is 46.8 Å². The second kappa shape index (κ2) is 6.47. The van der Waals surface area contributed by atoms with E-state index in [1.165, 1.54) is 11.3 Å². The second-order valence-electron chi connectivity index (χ2n) is 4.58. The largest absolute Gasteiger partial charge is 0.313 e. The lowest BCUT2D eigenvalue weighted by molar-refractivity contribution is 0.560. The molecule has 2 aromatic rings. The summed E-state index contributed by atoms with van der Waals surface area (Å²) in [6.07, 6.45) is 4.68. The third-order valence-corrected chi connectivity index (χ3v) is 3.23. The van der Waals surface area contributed by atoms with Gasteiger partial charge in [0.25, 0.3) is 0 Å². The fourth-order valence-electron chi connectivity index (χ4n) is 2.03. The highest BCUT2D eigenvalue weighted by Crippen LogP contribution is 2.09. The molecule has 0 saturated heterocycles. The summed E-state index contributed by atoms with van der Waals surface area (Å²) in [6.45, 7) is 9.75. The van der Waals surface area contributed by atoms with Crippen LogP contribution in [0.3, 0.4) is 0 Å². The van der Waals surface area contributed by atoms with Gasteiger partial charge < -0.3 is 5.32 Å². The fourth-order valence-corrected chi connectivity index (χ4v) is 2.03. The van der Waals surface area contributed by atoms with Crippen LogP contribution in [-0.4, -0.2) is 31.1 Å². The van der Waals surface area contributed by atoms with Crippen LogP contribution in [0.1, 0.15) is 37.4 Å². The molecular formula is C13H22N6. The Hall–Kier alpha value is -1.69. The van der Waals surface area contributed by atoms with E-state index in [1.54, 1.807) is 6.33 Å². The normalized spacial score (nSPS) is 11.1. The lowest BCUT2D eigenvalue weighted by atomic mass is 10.2. The summed E-state index contributed by atoms with van der Waals surface area (Å²) in [5, 5.41) is 12.0. The SMILES string of the molecule is CCCNCc1cnn(Cc2ncnn2CC)c1C. The van der Waals surface area contributed by atoms with Gasteiger partial charge in [0.15, 0.2) is 0 Å². The minimum absolute atomic E-state index is 0.674. The summed E-state index contributed by atoms with van der Waals surface area (Å²) < 4.78 is 3.88. The van der Waals surface area contributed by atoms with Crippen molar-refractivity contribution in [1.82, 2.24) is 29.9 Å². The maximum absolute atomic E-state index is 4.44. The molecule has 0 spiro atoms. The smallest absolute Gasteiger partial charge is 0.148 e. The van der Waals surface area contributed by atoms with E-state index >= 15 is 0 Å². The number of hydrogen-bond donors (Lipinski definition) is 1. The number of nitrogens with zero attached hydrogens (tertiary/aromatic N) is 5. The van der Waals surface area contributed by atoms with E-state index in [-0.39, 0.29) is 0 Å². The average molecular weight is 262 g/mol. The van der Waals surface area contributed by atoms with Crippen molar-refractivity contribution in [2.75, 3.05) is 6.54 Å². The van der Waals surface area contributed by atoms with Crippen molar-refractivity contribution < 1.29 is 0 Å². The van der Waals surface area contributed by atoms with E-state index in [1.807, 2.05) is 15.6 Å². The molecule has 0 atom stereocenters. The van der Waals surface area contributed by atoms with E-state index in [2.05, 4.69) is 41.3 Å². The molecule has 0 bridgehead atoms. The molecule has 6 heteroatoms. The van der Waals surface area contributed by atoms with E-state index in [0.717, 1.165) is 31.9 Å². The van der Waals surface area contributed by atoms with Gasteiger partial charge >= 0.3 is 0 Å². The minimum atomic E-state index is 0.674. The van der Waals surface area contributed by atoms with Gasteiger partial charge in [-0.15, -0.1) is 0 Å². The monoisotopic (exact) mass is 262 g/mol. The number of nitrogens with one attached hydrogen (secondary N) is 1. The molecular weight excluding hydrogens is 240 g/mol. The van der Waals surface area contributed by atoms with Gasteiger partial charge in [0.1, 0.15) is 18.7 Å². The van der Waals surface area contributed by atoms with Gasteiger partial charge in [0, 0.05) is 24.3 Å². The van der Waals surface area contributed by atoms with Crippen molar-refractivity contribution in [1.29, 1.82) is 0 Å². The van der Waals surface area contributed by atoms with Crippen molar-refractivity contribution in [3.8, 4) is 0 Å². The Balaban J connectivity index is 2.05. The molecule has 2 heterocycles. The molecule has 0 aromatic carbocycles. The Morgan fingerprint density at radius 3 is 2.79 bits per heavy atom. The average Bonchev–Trinajstić information content (AvgIpc) is 3.00. The van der Waals surface area contributed by atoms with E-state index in [9.17, 15) is 0 Å². The Morgan fingerprint density at radius 2 is 2.05 bits per heavy atom. The highest BCUT2D eigenvalue weighted by atomic mass is 15.4. The molecule has 2 rings (SSSR count). The van der Waals surface area contributed by atoms with Crippen LogP contribution >= 0.6 is 0 Å². The first kappa shape index (κ1) is 13.7. The first-order chi connectivity index (χ1) is 9.26. The zero-order valence-electron chi connectivity index (χ0n) is 11.9. The molecule has 0 radical (unpaired) electrons. The number of aromatic nitrogens is 5. The molecule has 0 amide bonds. The Morgan fingerprint density at radius 1 is 1.21 bits per heavy atom. The summed E-state index contributed by atoms with van der Waals surface area (Å²) in [5.41, 5.74) is 2.44. The summed E-state index contributed by atoms with van der Waals surface area (Å²) in [5.74, 6) is 0.946. The zero-order chi connectivity index (χ0) is 13.7. The number of aryl methyl sites for hydroxylation is 1. The van der Waals surface area contributed by atoms with Crippen molar-refractivity contribution in [3.63, 3.8) is 0 Å². The molecule has 2 aromatic heterocycles. The van der Waals surface area contributed by atoms with Crippen LogP contribution in [0.15, 0.2) is 12.5 Å². The molecule has 104 valence electrons. The quantitative estimate of drug-likeness (QED) is 0.765. The van der Waals surface area contributed by atoms with Gasteiger partial charge in [-0.2, -0.15) is 10.2 Å². The predicted molar refractivity (Wildman–Crippen MR) is 73.8 cm³/mol. The van der Waals surface area contributed by atoms with Crippen LogP contribution in [-0.2, 0) is 19.6 Å². The van der Waals surface area contributed by atoms with E-state index < -0.39 is 0 Å². The van der Waals surface area contributed by atoms with Gasteiger partial charge in [-0.3, -0.25) is 4.68 Å². The Kier molecular flexibility index (Phi) is 4.68. The van der Waals surface area contributed by atoms with Gasteiger partial charge in [0.2, 0.25) is 0 Å². The number of hydrogen-bond acceptors (Lipinski definition) is 4. The van der Waals surface area contributed by atoms with Gasteiger partial charge in [-0.25, -0.2) is 9.67 Å². The molecule has 0 aliphatic carbocycles. The molecule has 0 unspecified atom stereocenters. The summed E-state index contributed by atoms with van der Waals surface area (Å²) in [4.78, 5) is 4.28. The molecule has 1 N–H and O–H groups in total. The van der Waals surface area contributed by atoms with Gasteiger partial charge in [-0.1, -0.05) is 6.92 Å². The number of rotatable bonds is 7. The summed E-state index contributed by atoms with van der Waals surface area (Å²) >= 11 is 0. The van der Waals surface area contributed by atoms with E-state index in [0.29, 0.717) is 6.54 Å². The molecule has 6 nitrogen and oxygen atoms in total. The molecule has 0 fully saturated rings. The Bertz CT molecular complexity index is 513. The van der Waals surface area contributed by atoms with Crippen LogP contribution in [0.4, 0.5) is 0 Å². The molecule has 0 aliphatic heterocycles. The maximum atomic E-state index is 4.44. The Labute approximate surface area is 113 Å². The standard InChI is InChI=1S/C13H22N6/c1-4-6-14-7-12-8-16-19(11(12)3)9-13-15-10-17-18(13)5-2/h8,10,14H,4-7,9H2,1-3H3. The molecule has 19 heavy (non-hydrogen) atoms. The lowest BCUT2D eigenvalue weighted by Gasteiger charge is -2.07. The van der Waals surface area contributed by atoms with Crippen molar-refractivity contribution >= 4 is 0 Å². The topological polar surface area (TPSA) is 60.6 Å². The van der Waals surface area contributed by atoms with Crippen LogP contribution in [0.25, 0.3) is 0 Å². The third kappa shape index (κ3) is 3.20. The fraction of sp³-hybridized carbons (Fsp3) is 0.615. The van der Waals surface area contributed by atoms with Crippen LogP contribution < -0.4 is 5.32 Å². The maximum Gasteiger partial charge on any atom is 0.148 e. The second-order valence-corrected chi connectivity index (χ2v) is 4.58. The predicted octanol–water partition coefficient (Wildman–Crippen LogP) is 1.35. The van der Waals surface area contributed by atoms with Gasteiger partial charge in [-0.05, 0) is 26.8 Å². The van der Waals surface area contributed by atoms with E-state index in [4.69, 9.17) is 0 Å². The zero-order valence-corrected chi connectivity index (χ0v) is 11.9. The first-order valence-corrected chi connectivity index (χ1v) is 6.84. The molecule has 0 saturated carbocycles. The van der Waals surface area contributed by atoms with Crippen molar-refractivity contribution in [3.05, 3.63) is 29.6 Å². The van der Waals surface area contributed by atoms with Gasteiger partial charge in [0.05, 0.1) is 6.20 Å². The summed E-state index contributed by atoms with van der Waals surface area (Å²) in [6, 6.07) is 0.